The van der Waals surface area contributed by atoms with Gasteiger partial charge in [-0.1, -0.05) is 41.6 Å². The van der Waals surface area contributed by atoms with Gasteiger partial charge in [0.05, 0.1) is 11.3 Å². The molecular formula is C19H25ClN6OS. The van der Waals surface area contributed by atoms with Gasteiger partial charge >= 0.3 is 0 Å². The van der Waals surface area contributed by atoms with Gasteiger partial charge in [-0.3, -0.25) is 9.69 Å². The minimum Gasteiger partial charge on any atom is -0.339 e. The predicted molar refractivity (Wildman–Crippen MR) is 109 cm³/mol. The Hall–Kier alpha value is -1.64. The number of nitrogens with zero attached hydrogens (tertiary/aromatic N) is 6. The molecule has 1 aliphatic carbocycles. The topological polar surface area (TPSA) is 67.2 Å². The SMILES string of the molecule is CC(Sc1nnnn1C1CC1)C(=O)N1CCN(C(C)c2ccccc2Cl)CC1. The molecule has 1 saturated carbocycles. The fraction of sp³-hybridized carbons (Fsp3) is 0.579. The molecule has 1 aliphatic heterocycles. The standard InChI is InChI=1S/C19H25ClN6OS/c1-13(16-5-3-4-6-17(16)20)24-9-11-25(12-10-24)18(27)14(2)28-19-21-22-23-26(19)15-7-8-15/h3-6,13-15H,7-12H2,1-2H3. The van der Waals surface area contributed by atoms with E-state index in [1.807, 2.05) is 34.7 Å². The highest BCUT2D eigenvalue weighted by Gasteiger charge is 2.32. The van der Waals surface area contributed by atoms with Crippen molar-refractivity contribution in [1.29, 1.82) is 0 Å². The molecule has 2 aliphatic rings. The third-order valence-corrected chi connectivity index (χ3v) is 6.89. The van der Waals surface area contributed by atoms with Gasteiger partial charge in [-0.25, -0.2) is 4.68 Å². The van der Waals surface area contributed by atoms with Crippen molar-refractivity contribution in [1.82, 2.24) is 30.0 Å². The van der Waals surface area contributed by atoms with Crippen LogP contribution in [0.3, 0.4) is 0 Å². The van der Waals surface area contributed by atoms with E-state index in [9.17, 15) is 4.79 Å². The van der Waals surface area contributed by atoms with Crippen LogP contribution < -0.4 is 0 Å². The molecule has 2 heterocycles. The minimum absolute atomic E-state index is 0.153. The first kappa shape index (κ1) is 19.7. The quantitative estimate of drug-likeness (QED) is 0.669. The van der Waals surface area contributed by atoms with Crippen molar-refractivity contribution in [3.05, 3.63) is 34.9 Å². The molecule has 2 fully saturated rings. The Morgan fingerprint density at radius 2 is 1.89 bits per heavy atom. The average molecular weight is 421 g/mol. The van der Waals surface area contributed by atoms with Gasteiger partial charge in [0.2, 0.25) is 11.1 Å². The Morgan fingerprint density at radius 1 is 1.18 bits per heavy atom. The number of rotatable bonds is 6. The maximum absolute atomic E-state index is 12.9. The number of amides is 1. The van der Waals surface area contributed by atoms with Crippen LogP contribution >= 0.6 is 23.4 Å². The molecular weight excluding hydrogens is 396 g/mol. The van der Waals surface area contributed by atoms with Crippen LogP contribution in [0.4, 0.5) is 0 Å². The van der Waals surface area contributed by atoms with Crippen molar-refractivity contribution in [2.45, 2.75) is 49.2 Å². The lowest BCUT2D eigenvalue weighted by atomic mass is 10.1. The predicted octanol–water partition coefficient (Wildman–Crippen LogP) is 3.05. The molecule has 7 nitrogen and oxygen atoms in total. The van der Waals surface area contributed by atoms with Gasteiger partial charge in [-0.15, -0.1) is 5.10 Å². The van der Waals surface area contributed by atoms with E-state index >= 15 is 0 Å². The Kier molecular flexibility index (Phi) is 5.89. The van der Waals surface area contributed by atoms with Crippen molar-refractivity contribution < 1.29 is 4.79 Å². The number of piperazine rings is 1. The lowest BCUT2D eigenvalue weighted by Gasteiger charge is -2.39. The molecule has 2 unspecified atom stereocenters. The summed E-state index contributed by atoms with van der Waals surface area (Å²) < 4.78 is 1.86. The highest BCUT2D eigenvalue weighted by atomic mass is 35.5. The van der Waals surface area contributed by atoms with Gasteiger partial charge in [-0.2, -0.15) is 0 Å². The zero-order valence-electron chi connectivity index (χ0n) is 16.2. The number of hydrogen-bond acceptors (Lipinski definition) is 6. The maximum Gasteiger partial charge on any atom is 0.235 e. The van der Waals surface area contributed by atoms with Crippen molar-refractivity contribution in [3.8, 4) is 0 Å². The van der Waals surface area contributed by atoms with Crippen LogP contribution in [0.2, 0.25) is 5.02 Å². The number of hydrogen-bond donors (Lipinski definition) is 0. The largest absolute Gasteiger partial charge is 0.339 e. The molecule has 28 heavy (non-hydrogen) atoms. The van der Waals surface area contributed by atoms with E-state index in [0.717, 1.165) is 54.8 Å². The highest BCUT2D eigenvalue weighted by molar-refractivity contribution is 8.00. The van der Waals surface area contributed by atoms with Crippen LogP contribution in [0.25, 0.3) is 0 Å². The smallest absolute Gasteiger partial charge is 0.235 e. The summed E-state index contributed by atoms with van der Waals surface area (Å²) in [4.78, 5) is 17.3. The number of benzene rings is 1. The van der Waals surface area contributed by atoms with Gasteiger partial charge in [0.1, 0.15) is 0 Å². The summed E-state index contributed by atoms with van der Waals surface area (Å²) in [5, 5.41) is 13.3. The zero-order chi connectivity index (χ0) is 19.7. The summed E-state index contributed by atoms with van der Waals surface area (Å²) in [6.07, 6.45) is 2.24. The molecule has 150 valence electrons. The van der Waals surface area contributed by atoms with Crippen molar-refractivity contribution >= 4 is 29.3 Å². The number of aromatic nitrogens is 4. The third kappa shape index (κ3) is 4.18. The molecule has 0 N–H and O–H groups in total. The Balaban J connectivity index is 1.32. The van der Waals surface area contributed by atoms with E-state index in [1.54, 1.807) is 0 Å². The summed E-state index contributed by atoms with van der Waals surface area (Å²) in [5.74, 6) is 0.153. The lowest BCUT2D eigenvalue weighted by molar-refractivity contribution is -0.132. The zero-order valence-corrected chi connectivity index (χ0v) is 17.7. The molecule has 4 rings (SSSR count). The van der Waals surface area contributed by atoms with Gasteiger partial charge < -0.3 is 4.90 Å². The van der Waals surface area contributed by atoms with Crippen LogP contribution in [0.15, 0.2) is 29.4 Å². The molecule has 2 aromatic rings. The van der Waals surface area contributed by atoms with Gasteiger partial charge in [0.15, 0.2) is 0 Å². The maximum atomic E-state index is 12.9. The number of thioether (sulfide) groups is 1. The van der Waals surface area contributed by atoms with E-state index in [1.165, 1.54) is 11.8 Å². The van der Waals surface area contributed by atoms with E-state index < -0.39 is 0 Å². The highest BCUT2D eigenvalue weighted by Crippen LogP contribution is 2.37. The summed E-state index contributed by atoms with van der Waals surface area (Å²) >= 11 is 7.81. The second-order valence-corrected chi connectivity index (χ2v) is 9.17. The number of tetrazole rings is 1. The van der Waals surface area contributed by atoms with Gasteiger partial charge in [0.25, 0.3) is 0 Å². The van der Waals surface area contributed by atoms with Crippen LogP contribution in [0.1, 0.15) is 44.3 Å². The second-order valence-electron chi connectivity index (χ2n) is 7.46. The fourth-order valence-electron chi connectivity index (χ4n) is 3.62. The summed E-state index contributed by atoms with van der Waals surface area (Å²) in [5.41, 5.74) is 1.14. The summed E-state index contributed by atoms with van der Waals surface area (Å²) in [6.45, 7) is 7.26. The van der Waals surface area contributed by atoms with E-state index in [2.05, 4.69) is 33.4 Å². The molecule has 0 radical (unpaired) electrons. The summed E-state index contributed by atoms with van der Waals surface area (Å²) in [7, 11) is 0. The third-order valence-electron chi connectivity index (χ3n) is 5.51. The van der Waals surface area contributed by atoms with Crippen molar-refractivity contribution in [2.24, 2.45) is 0 Å². The number of carbonyl (C=O) groups is 1. The molecule has 0 bridgehead atoms. The first-order valence-corrected chi connectivity index (χ1v) is 11.0. The molecule has 1 aromatic heterocycles. The normalized spacial score (nSPS) is 20.2. The van der Waals surface area contributed by atoms with E-state index in [-0.39, 0.29) is 17.2 Å². The van der Waals surface area contributed by atoms with Crippen LogP contribution in [0, 0.1) is 0 Å². The molecule has 1 saturated heterocycles. The fourth-order valence-corrected chi connectivity index (χ4v) is 4.85. The average Bonchev–Trinajstić information content (AvgIpc) is 3.46. The molecule has 1 amide bonds. The molecule has 9 heteroatoms. The number of halogens is 1. The van der Waals surface area contributed by atoms with Crippen molar-refractivity contribution in [3.63, 3.8) is 0 Å². The van der Waals surface area contributed by atoms with Crippen LogP contribution in [-0.4, -0.2) is 67.3 Å². The first-order valence-electron chi connectivity index (χ1n) is 9.76. The minimum atomic E-state index is -0.198. The first-order chi connectivity index (χ1) is 13.5. The van der Waals surface area contributed by atoms with Gasteiger partial charge in [-0.05, 0) is 48.7 Å². The van der Waals surface area contributed by atoms with Crippen LogP contribution in [0.5, 0.6) is 0 Å². The Bertz CT molecular complexity index is 833. The Morgan fingerprint density at radius 3 is 2.57 bits per heavy atom. The van der Waals surface area contributed by atoms with E-state index in [4.69, 9.17) is 11.6 Å². The Labute approximate surface area is 174 Å². The molecule has 2 atom stereocenters. The van der Waals surface area contributed by atoms with E-state index in [0.29, 0.717) is 6.04 Å². The number of carbonyl (C=O) groups excluding carboxylic acids is 1. The molecule has 0 spiro atoms. The van der Waals surface area contributed by atoms with Gasteiger partial charge in [0, 0.05) is 37.2 Å². The van der Waals surface area contributed by atoms with Crippen LogP contribution in [-0.2, 0) is 4.79 Å². The lowest BCUT2D eigenvalue weighted by Crippen LogP contribution is -2.51. The monoisotopic (exact) mass is 420 g/mol. The molecule has 1 aromatic carbocycles. The van der Waals surface area contributed by atoms with Crippen molar-refractivity contribution in [2.75, 3.05) is 26.2 Å². The summed E-state index contributed by atoms with van der Waals surface area (Å²) in [6, 6.07) is 8.63. The second kappa shape index (κ2) is 8.39.